The highest BCUT2D eigenvalue weighted by molar-refractivity contribution is 5.47. The van der Waals surface area contributed by atoms with Gasteiger partial charge in [0, 0.05) is 24.6 Å². The first-order chi connectivity index (χ1) is 12.9. The highest BCUT2D eigenvalue weighted by Crippen LogP contribution is 2.28. The van der Waals surface area contributed by atoms with Crippen molar-refractivity contribution < 1.29 is 0 Å². The standard InChI is InChI=1S/C22H24N4/c1-3-7-17(8-4-1)19(18-9-5-2-6-10-18)12-14-24-22-20-11-13-23-15-21(20)25-16-26-22/h1-10,16,19,23H,11-15H2,(H,24,25,26). The van der Waals surface area contributed by atoms with Crippen molar-refractivity contribution in [1.29, 1.82) is 0 Å². The van der Waals surface area contributed by atoms with Crippen molar-refractivity contribution in [2.75, 3.05) is 18.4 Å². The molecule has 2 heterocycles. The highest BCUT2D eigenvalue weighted by atomic mass is 15.0. The Bertz CT molecular complexity index is 794. The molecule has 0 unspecified atom stereocenters. The quantitative estimate of drug-likeness (QED) is 0.715. The number of benzene rings is 2. The Morgan fingerprint density at radius 2 is 1.62 bits per heavy atom. The van der Waals surface area contributed by atoms with E-state index in [-0.39, 0.29) is 0 Å². The van der Waals surface area contributed by atoms with E-state index in [1.165, 1.54) is 16.7 Å². The molecule has 1 aliphatic heterocycles. The number of hydrogen-bond acceptors (Lipinski definition) is 4. The topological polar surface area (TPSA) is 49.8 Å². The van der Waals surface area contributed by atoms with Gasteiger partial charge in [-0.1, -0.05) is 60.7 Å². The Hall–Kier alpha value is -2.72. The molecule has 132 valence electrons. The van der Waals surface area contributed by atoms with E-state index in [1.807, 2.05) is 0 Å². The first-order valence-electron chi connectivity index (χ1n) is 9.29. The molecule has 0 bridgehead atoms. The van der Waals surface area contributed by atoms with Gasteiger partial charge in [-0.05, 0) is 30.5 Å². The summed E-state index contributed by atoms with van der Waals surface area (Å²) in [6, 6.07) is 21.5. The van der Waals surface area contributed by atoms with Crippen LogP contribution >= 0.6 is 0 Å². The van der Waals surface area contributed by atoms with Crippen LogP contribution in [-0.4, -0.2) is 23.1 Å². The normalized spacial score (nSPS) is 13.4. The van der Waals surface area contributed by atoms with Crippen LogP contribution in [0.5, 0.6) is 0 Å². The largest absolute Gasteiger partial charge is 0.370 e. The molecule has 26 heavy (non-hydrogen) atoms. The van der Waals surface area contributed by atoms with E-state index in [0.717, 1.165) is 44.0 Å². The van der Waals surface area contributed by atoms with E-state index in [1.54, 1.807) is 6.33 Å². The van der Waals surface area contributed by atoms with Crippen molar-refractivity contribution in [2.45, 2.75) is 25.3 Å². The molecule has 1 aliphatic rings. The Balaban J connectivity index is 1.49. The first-order valence-corrected chi connectivity index (χ1v) is 9.29. The molecular formula is C22H24N4. The molecule has 2 aromatic carbocycles. The zero-order chi connectivity index (χ0) is 17.6. The Kier molecular flexibility index (Phi) is 5.22. The number of nitrogens with zero attached hydrogens (tertiary/aromatic N) is 2. The second kappa shape index (κ2) is 8.11. The molecule has 0 fully saturated rings. The summed E-state index contributed by atoms with van der Waals surface area (Å²) >= 11 is 0. The fourth-order valence-electron chi connectivity index (χ4n) is 3.67. The number of fused-ring (bicyclic) bond motifs is 1. The molecule has 0 saturated carbocycles. The minimum absolute atomic E-state index is 0.379. The number of rotatable bonds is 6. The van der Waals surface area contributed by atoms with Gasteiger partial charge in [-0.2, -0.15) is 0 Å². The zero-order valence-electron chi connectivity index (χ0n) is 14.9. The Labute approximate surface area is 154 Å². The first kappa shape index (κ1) is 16.7. The van der Waals surface area contributed by atoms with Crippen LogP contribution in [0.25, 0.3) is 0 Å². The average molecular weight is 344 g/mol. The van der Waals surface area contributed by atoms with Gasteiger partial charge in [-0.15, -0.1) is 0 Å². The van der Waals surface area contributed by atoms with Crippen LogP contribution in [0.15, 0.2) is 67.0 Å². The fraction of sp³-hybridized carbons (Fsp3) is 0.273. The summed E-state index contributed by atoms with van der Waals surface area (Å²) in [4.78, 5) is 8.89. The summed E-state index contributed by atoms with van der Waals surface area (Å²) in [7, 11) is 0. The van der Waals surface area contributed by atoms with Crippen LogP contribution in [0.4, 0.5) is 5.82 Å². The smallest absolute Gasteiger partial charge is 0.132 e. The van der Waals surface area contributed by atoms with E-state index in [9.17, 15) is 0 Å². The van der Waals surface area contributed by atoms with E-state index < -0.39 is 0 Å². The van der Waals surface area contributed by atoms with Gasteiger partial charge in [0.1, 0.15) is 12.1 Å². The van der Waals surface area contributed by atoms with E-state index >= 15 is 0 Å². The Morgan fingerprint density at radius 1 is 0.923 bits per heavy atom. The molecule has 0 spiro atoms. The van der Waals surface area contributed by atoms with Crippen molar-refractivity contribution >= 4 is 5.82 Å². The number of anilines is 1. The maximum Gasteiger partial charge on any atom is 0.132 e. The lowest BCUT2D eigenvalue weighted by molar-refractivity contribution is 0.623. The monoisotopic (exact) mass is 344 g/mol. The lowest BCUT2D eigenvalue weighted by atomic mass is 9.88. The number of hydrogen-bond donors (Lipinski definition) is 2. The molecule has 1 aromatic heterocycles. The second-order valence-electron chi connectivity index (χ2n) is 6.66. The molecule has 4 heteroatoms. The van der Waals surface area contributed by atoms with Gasteiger partial charge in [-0.25, -0.2) is 9.97 Å². The van der Waals surface area contributed by atoms with Crippen LogP contribution in [-0.2, 0) is 13.0 Å². The molecule has 0 amide bonds. The fourth-order valence-corrected chi connectivity index (χ4v) is 3.67. The molecule has 0 radical (unpaired) electrons. The highest BCUT2D eigenvalue weighted by Gasteiger charge is 2.17. The summed E-state index contributed by atoms with van der Waals surface area (Å²) < 4.78 is 0. The molecule has 2 N–H and O–H groups in total. The van der Waals surface area contributed by atoms with Gasteiger partial charge in [0.05, 0.1) is 5.69 Å². The molecule has 3 aromatic rings. The van der Waals surface area contributed by atoms with Crippen LogP contribution in [0.2, 0.25) is 0 Å². The summed E-state index contributed by atoms with van der Waals surface area (Å²) in [5.41, 5.74) is 5.10. The third kappa shape index (κ3) is 3.75. The van der Waals surface area contributed by atoms with Crippen LogP contribution in [0.3, 0.4) is 0 Å². The minimum Gasteiger partial charge on any atom is -0.370 e. The molecule has 0 aliphatic carbocycles. The van der Waals surface area contributed by atoms with Gasteiger partial charge >= 0.3 is 0 Å². The van der Waals surface area contributed by atoms with Crippen LogP contribution < -0.4 is 10.6 Å². The van der Waals surface area contributed by atoms with Gasteiger partial charge in [0.2, 0.25) is 0 Å². The molecule has 0 saturated heterocycles. The predicted octanol–water partition coefficient (Wildman–Crippen LogP) is 3.76. The second-order valence-corrected chi connectivity index (χ2v) is 6.66. The van der Waals surface area contributed by atoms with Gasteiger partial charge in [0.25, 0.3) is 0 Å². The van der Waals surface area contributed by atoms with E-state index in [2.05, 4.69) is 81.3 Å². The zero-order valence-corrected chi connectivity index (χ0v) is 14.9. The lowest BCUT2D eigenvalue weighted by Crippen LogP contribution is -2.26. The van der Waals surface area contributed by atoms with Crippen molar-refractivity contribution in [3.05, 3.63) is 89.4 Å². The molecular weight excluding hydrogens is 320 g/mol. The lowest BCUT2D eigenvalue weighted by Gasteiger charge is -2.21. The maximum atomic E-state index is 4.48. The van der Waals surface area contributed by atoms with Crippen molar-refractivity contribution in [3.8, 4) is 0 Å². The summed E-state index contributed by atoms with van der Waals surface area (Å²) in [5, 5.41) is 6.93. The van der Waals surface area contributed by atoms with Crippen molar-refractivity contribution in [3.63, 3.8) is 0 Å². The summed E-state index contributed by atoms with van der Waals surface area (Å²) in [5.74, 6) is 1.38. The van der Waals surface area contributed by atoms with Crippen molar-refractivity contribution in [1.82, 2.24) is 15.3 Å². The van der Waals surface area contributed by atoms with Crippen LogP contribution in [0, 0.1) is 0 Å². The molecule has 0 atom stereocenters. The third-order valence-electron chi connectivity index (χ3n) is 5.01. The average Bonchev–Trinajstić information content (AvgIpc) is 2.72. The molecule has 4 rings (SSSR count). The van der Waals surface area contributed by atoms with Crippen LogP contribution in [0.1, 0.15) is 34.7 Å². The van der Waals surface area contributed by atoms with Gasteiger partial charge in [0.15, 0.2) is 0 Å². The van der Waals surface area contributed by atoms with Gasteiger partial charge in [-0.3, -0.25) is 0 Å². The minimum atomic E-state index is 0.379. The number of nitrogens with one attached hydrogen (secondary N) is 2. The maximum absolute atomic E-state index is 4.48. The SMILES string of the molecule is c1ccc(C(CCNc2ncnc3c2CCNC3)c2ccccc2)cc1. The summed E-state index contributed by atoms with van der Waals surface area (Å²) in [6.07, 6.45) is 3.67. The summed E-state index contributed by atoms with van der Waals surface area (Å²) in [6.45, 7) is 2.71. The van der Waals surface area contributed by atoms with E-state index in [4.69, 9.17) is 0 Å². The Morgan fingerprint density at radius 3 is 2.31 bits per heavy atom. The number of aromatic nitrogens is 2. The van der Waals surface area contributed by atoms with Crippen molar-refractivity contribution in [2.24, 2.45) is 0 Å². The van der Waals surface area contributed by atoms with E-state index in [0.29, 0.717) is 5.92 Å². The predicted molar refractivity (Wildman–Crippen MR) is 105 cm³/mol. The molecule has 4 nitrogen and oxygen atoms in total. The third-order valence-corrected chi connectivity index (χ3v) is 5.01. The van der Waals surface area contributed by atoms with Gasteiger partial charge < -0.3 is 10.6 Å².